The molecular weight excluding hydrogens is 499 g/mol. The lowest BCUT2D eigenvalue weighted by Gasteiger charge is -2.26. The van der Waals surface area contributed by atoms with Crippen molar-refractivity contribution in [2.45, 2.75) is 57.9 Å². The van der Waals surface area contributed by atoms with Crippen LogP contribution in [0.5, 0.6) is 0 Å². The Kier molecular flexibility index (Phi) is 8.37. The molecule has 0 unspecified atom stereocenters. The number of carbonyl (C=O) groups excluding carboxylic acids is 1. The number of nitrogens with one attached hydrogen (secondary N) is 1. The molecular formula is C25H27ClF3N3O4. The molecule has 3 rings (SSSR count). The van der Waals surface area contributed by atoms with Crippen LogP contribution in [0, 0.1) is 23.7 Å². The lowest BCUT2D eigenvalue weighted by molar-refractivity contribution is -0.143. The van der Waals surface area contributed by atoms with Crippen molar-refractivity contribution in [2.75, 3.05) is 6.54 Å². The molecule has 1 heterocycles. The van der Waals surface area contributed by atoms with E-state index >= 15 is 0 Å². The summed E-state index contributed by atoms with van der Waals surface area (Å²) >= 11 is 6.30. The van der Waals surface area contributed by atoms with Gasteiger partial charge in [0, 0.05) is 6.54 Å². The van der Waals surface area contributed by atoms with Gasteiger partial charge in [0.15, 0.2) is 0 Å². The summed E-state index contributed by atoms with van der Waals surface area (Å²) in [6, 6.07) is 4.48. The van der Waals surface area contributed by atoms with Crippen LogP contribution in [0.3, 0.4) is 0 Å². The van der Waals surface area contributed by atoms with E-state index in [0.29, 0.717) is 37.8 Å². The number of carboxylic acid groups (broad SMARTS) is 1. The minimum absolute atomic E-state index is 0.0240. The highest BCUT2D eigenvalue weighted by Gasteiger charge is 2.30. The Morgan fingerprint density at radius 3 is 2.31 bits per heavy atom. The Morgan fingerprint density at radius 2 is 1.78 bits per heavy atom. The van der Waals surface area contributed by atoms with Crippen LogP contribution < -0.4 is 5.32 Å². The van der Waals surface area contributed by atoms with Gasteiger partial charge in [-0.2, -0.15) is 13.2 Å². The van der Waals surface area contributed by atoms with E-state index in [0.717, 1.165) is 12.1 Å². The second kappa shape index (κ2) is 10.9. The van der Waals surface area contributed by atoms with Crippen molar-refractivity contribution in [3.8, 4) is 11.8 Å². The van der Waals surface area contributed by atoms with Crippen LogP contribution in [0.25, 0.3) is 0 Å². The van der Waals surface area contributed by atoms with Crippen LogP contribution in [0.15, 0.2) is 24.3 Å². The Bertz CT molecular complexity index is 1170. The number of hydrogen-bond acceptors (Lipinski definition) is 4. The first kappa shape index (κ1) is 27.6. The molecule has 7 nitrogen and oxygen atoms in total. The van der Waals surface area contributed by atoms with Crippen molar-refractivity contribution in [3.05, 3.63) is 52.1 Å². The van der Waals surface area contributed by atoms with Gasteiger partial charge >= 0.3 is 12.1 Å². The number of halogens is 4. The fourth-order valence-corrected chi connectivity index (χ4v) is 4.24. The molecule has 0 aliphatic heterocycles. The number of hydrogen-bond donors (Lipinski definition) is 3. The number of benzene rings is 1. The van der Waals surface area contributed by atoms with Gasteiger partial charge in [-0.25, -0.2) is 4.98 Å². The van der Waals surface area contributed by atoms with Crippen LogP contribution in [-0.4, -0.2) is 43.8 Å². The molecule has 11 heteroatoms. The first-order chi connectivity index (χ1) is 16.7. The molecule has 0 radical (unpaired) electrons. The Labute approximate surface area is 211 Å². The van der Waals surface area contributed by atoms with Gasteiger partial charge in [0.25, 0.3) is 5.91 Å². The van der Waals surface area contributed by atoms with Gasteiger partial charge in [0.1, 0.15) is 17.0 Å². The maximum absolute atomic E-state index is 13.2. The summed E-state index contributed by atoms with van der Waals surface area (Å²) in [4.78, 5) is 28.5. The Hall–Kier alpha value is -3.03. The molecule has 1 aromatic heterocycles. The van der Waals surface area contributed by atoms with E-state index in [1.807, 2.05) is 0 Å². The lowest BCUT2D eigenvalue weighted by Crippen LogP contribution is -2.34. The fourth-order valence-electron chi connectivity index (χ4n) is 4.02. The number of aromatic nitrogens is 2. The molecule has 0 saturated heterocycles. The number of amides is 1. The van der Waals surface area contributed by atoms with Crippen LogP contribution in [-0.2, 0) is 17.5 Å². The average Bonchev–Trinajstić information content (AvgIpc) is 3.10. The number of carbonyl (C=O) groups is 2. The molecule has 194 valence electrons. The lowest BCUT2D eigenvalue weighted by atomic mass is 9.82. The maximum Gasteiger partial charge on any atom is 0.416 e. The molecule has 1 aromatic carbocycles. The third kappa shape index (κ3) is 7.24. The summed E-state index contributed by atoms with van der Waals surface area (Å²) in [6.07, 6.45) is -2.08. The van der Waals surface area contributed by atoms with Gasteiger partial charge < -0.3 is 20.1 Å². The summed E-state index contributed by atoms with van der Waals surface area (Å²) in [5.74, 6) is 3.67. The predicted octanol–water partition coefficient (Wildman–Crippen LogP) is 4.35. The van der Waals surface area contributed by atoms with Crippen molar-refractivity contribution in [2.24, 2.45) is 11.8 Å². The van der Waals surface area contributed by atoms with Crippen LogP contribution >= 0.6 is 11.6 Å². The highest BCUT2D eigenvalue weighted by molar-refractivity contribution is 6.29. The van der Waals surface area contributed by atoms with Crippen LogP contribution in [0.4, 0.5) is 13.2 Å². The van der Waals surface area contributed by atoms with Crippen molar-refractivity contribution >= 4 is 23.5 Å². The number of alkyl halides is 3. The largest absolute Gasteiger partial charge is 0.481 e. The predicted molar refractivity (Wildman–Crippen MR) is 126 cm³/mol. The molecule has 0 atom stereocenters. The van der Waals surface area contributed by atoms with Crippen molar-refractivity contribution in [3.63, 3.8) is 0 Å². The molecule has 1 aliphatic carbocycles. The third-order valence-corrected chi connectivity index (χ3v) is 6.28. The summed E-state index contributed by atoms with van der Waals surface area (Å²) in [6.45, 7) is 3.22. The molecule has 36 heavy (non-hydrogen) atoms. The molecule has 0 spiro atoms. The molecule has 1 aliphatic rings. The first-order valence-electron chi connectivity index (χ1n) is 11.4. The van der Waals surface area contributed by atoms with E-state index in [9.17, 15) is 27.9 Å². The molecule has 1 saturated carbocycles. The van der Waals surface area contributed by atoms with E-state index in [1.165, 1.54) is 30.5 Å². The number of aliphatic hydroxyl groups is 1. The molecule has 2 aromatic rings. The summed E-state index contributed by atoms with van der Waals surface area (Å²) < 4.78 is 40.1. The summed E-state index contributed by atoms with van der Waals surface area (Å²) in [5, 5.41) is 21.9. The van der Waals surface area contributed by atoms with E-state index < -0.39 is 29.2 Å². The van der Waals surface area contributed by atoms with Gasteiger partial charge in [0.05, 0.1) is 18.0 Å². The minimum Gasteiger partial charge on any atom is -0.481 e. The monoisotopic (exact) mass is 525 g/mol. The highest BCUT2D eigenvalue weighted by Crippen LogP contribution is 2.30. The van der Waals surface area contributed by atoms with Gasteiger partial charge in [-0.3, -0.25) is 9.59 Å². The fraction of sp³-hybridized carbons (Fsp3) is 0.480. The summed E-state index contributed by atoms with van der Waals surface area (Å²) in [5.41, 5.74) is -1.64. The van der Waals surface area contributed by atoms with E-state index in [4.69, 9.17) is 16.7 Å². The van der Waals surface area contributed by atoms with Gasteiger partial charge in [-0.05, 0) is 80.7 Å². The van der Waals surface area contributed by atoms with Crippen molar-refractivity contribution in [1.82, 2.24) is 14.9 Å². The zero-order chi connectivity index (χ0) is 26.7. The van der Waals surface area contributed by atoms with Crippen LogP contribution in [0.1, 0.15) is 66.8 Å². The zero-order valence-corrected chi connectivity index (χ0v) is 20.6. The van der Waals surface area contributed by atoms with E-state index in [-0.39, 0.29) is 35.1 Å². The Balaban J connectivity index is 1.84. The van der Waals surface area contributed by atoms with E-state index in [2.05, 4.69) is 22.1 Å². The topological polar surface area (TPSA) is 104 Å². The molecule has 0 bridgehead atoms. The third-order valence-electron chi connectivity index (χ3n) is 5.99. The summed E-state index contributed by atoms with van der Waals surface area (Å²) in [7, 11) is 0. The average molecular weight is 526 g/mol. The minimum atomic E-state index is -4.47. The standard InChI is InChI=1S/C25H27ClF3N3O4/c1-24(2,36)12-11-19-20(21(33)30-13-15-3-7-17(8-4-15)22(34)35)32(23(26)31-19)14-16-5-9-18(10-6-16)25(27,28)29/h5-6,9-10,15,17,36H,3-4,7-8,13-14H2,1-2H3,(H,30,33)(H,34,35). The van der Waals surface area contributed by atoms with Gasteiger partial charge in [-0.15, -0.1) is 0 Å². The van der Waals surface area contributed by atoms with Crippen LogP contribution in [0.2, 0.25) is 5.28 Å². The second-order valence-electron chi connectivity index (χ2n) is 9.43. The number of aliphatic carboxylic acids is 1. The quantitative estimate of drug-likeness (QED) is 0.486. The SMILES string of the molecule is CC(C)(O)C#Cc1nc(Cl)n(Cc2ccc(C(F)(F)F)cc2)c1C(=O)NCC1CCC(C(=O)O)CC1. The van der Waals surface area contributed by atoms with Gasteiger partial charge in [-0.1, -0.05) is 18.1 Å². The maximum atomic E-state index is 13.2. The second-order valence-corrected chi connectivity index (χ2v) is 9.77. The van der Waals surface area contributed by atoms with Crippen molar-refractivity contribution in [1.29, 1.82) is 0 Å². The van der Waals surface area contributed by atoms with Crippen molar-refractivity contribution < 1.29 is 33.0 Å². The normalized spacial score (nSPS) is 18.3. The first-order valence-corrected chi connectivity index (χ1v) is 11.8. The number of carboxylic acids is 1. The molecule has 3 N–H and O–H groups in total. The number of nitrogens with zero attached hydrogens (tertiary/aromatic N) is 2. The van der Waals surface area contributed by atoms with Gasteiger partial charge in [0.2, 0.25) is 5.28 Å². The Morgan fingerprint density at radius 1 is 1.17 bits per heavy atom. The highest BCUT2D eigenvalue weighted by atomic mass is 35.5. The van der Waals surface area contributed by atoms with E-state index in [1.54, 1.807) is 0 Å². The molecule has 1 amide bonds. The zero-order valence-electron chi connectivity index (χ0n) is 19.8. The molecule has 1 fully saturated rings. The smallest absolute Gasteiger partial charge is 0.416 e. The number of rotatable bonds is 6. The number of imidazole rings is 1.